The Balaban J connectivity index is 1.75. The van der Waals surface area contributed by atoms with Crippen molar-refractivity contribution in [3.8, 4) is 11.4 Å². The molecule has 0 radical (unpaired) electrons. The molecule has 158 valence electrons. The van der Waals surface area contributed by atoms with Gasteiger partial charge in [0.15, 0.2) is 5.16 Å². The predicted molar refractivity (Wildman–Crippen MR) is 116 cm³/mol. The Morgan fingerprint density at radius 3 is 2.63 bits per heavy atom. The highest BCUT2D eigenvalue weighted by molar-refractivity contribution is 7.99. The summed E-state index contributed by atoms with van der Waals surface area (Å²) in [5.74, 6) is 0.442. The van der Waals surface area contributed by atoms with E-state index in [1.165, 1.54) is 18.9 Å². The van der Waals surface area contributed by atoms with Crippen molar-refractivity contribution in [1.82, 2.24) is 20.2 Å². The third-order valence-electron chi connectivity index (χ3n) is 4.11. The maximum Gasteiger partial charge on any atom is 0.321 e. The number of thioether (sulfide) groups is 1. The van der Waals surface area contributed by atoms with E-state index in [1.807, 2.05) is 60.0 Å². The summed E-state index contributed by atoms with van der Waals surface area (Å²) in [6, 6.07) is 14.9. The second-order valence-electron chi connectivity index (χ2n) is 6.23. The maximum absolute atomic E-state index is 12.2. The summed E-state index contributed by atoms with van der Waals surface area (Å²) in [6.45, 7) is 3.25. The van der Waals surface area contributed by atoms with Crippen molar-refractivity contribution in [3.05, 3.63) is 48.5 Å². The van der Waals surface area contributed by atoms with Crippen molar-refractivity contribution in [3.63, 3.8) is 0 Å². The molecule has 1 heterocycles. The fraction of sp³-hybridized carbons (Fsp3) is 0.286. The molecule has 2 N–H and O–H groups in total. The fourth-order valence-corrected chi connectivity index (χ4v) is 3.64. The van der Waals surface area contributed by atoms with E-state index >= 15 is 0 Å². The molecule has 8 nitrogen and oxygen atoms in total. The summed E-state index contributed by atoms with van der Waals surface area (Å²) in [7, 11) is 1.54. The number of nitrogens with zero attached hydrogens (tertiary/aromatic N) is 2. The van der Waals surface area contributed by atoms with Crippen molar-refractivity contribution in [2.75, 3.05) is 32.6 Å². The Bertz CT molecular complexity index is 1000. The van der Waals surface area contributed by atoms with E-state index in [2.05, 4.69) is 15.6 Å². The minimum absolute atomic E-state index is 0.0536. The first-order valence-electron chi connectivity index (χ1n) is 9.52. The molecule has 9 heteroatoms. The number of fused-ring (bicyclic) bond motifs is 1. The lowest BCUT2D eigenvalue weighted by Gasteiger charge is -2.10. The first-order valence-corrected chi connectivity index (χ1v) is 10.5. The molecule has 0 unspecified atom stereocenters. The number of hydrogen-bond donors (Lipinski definition) is 2. The number of imide groups is 1. The Morgan fingerprint density at radius 2 is 1.90 bits per heavy atom. The van der Waals surface area contributed by atoms with Crippen LogP contribution in [0.3, 0.4) is 0 Å². The molecule has 0 atom stereocenters. The molecule has 30 heavy (non-hydrogen) atoms. The molecule has 0 saturated heterocycles. The van der Waals surface area contributed by atoms with Crippen LogP contribution in [-0.2, 0) is 9.53 Å². The molecule has 1 aromatic heterocycles. The number of hydrogen-bond acceptors (Lipinski definition) is 6. The zero-order chi connectivity index (χ0) is 21.3. The first kappa shape index (κ1) is 21.7. The van der Waals surface area contributed by atoms with Gasteiger partial charge in [0, 0.05) is 19.3 Å². The van der Waals surface area contributed by atoms with Gasteiger partial charge < -0.3 is 14.8 Å². The van der Waals surface area contributed by atoms with Gasteiger partial charge in [-0.2, -0.15) is 0 Å². The summed E-state index contributed by atoms with van der Waals surface area (Å²) < 4.78 is 12.4. The van der Waals surface area contributed by atoms with Crippen LogP contribution >= 0.6 is 11.8 Å². The summed E-state index contributed by atoms with van der Waals surface area (Å²) in [4.78, 5) is 28.5. The number of methoxy groups -OCH3 is 1. The number of urea groups is 1. The van der Waals surface area contributed by atoms with Gasteiger partial charge in [-0.05, 0) is 43.3 Å². The number of carbonyl (C=O) groups excluding carboxylic acids is 2. The highest BCUT2D eigenvalue weighted by atomic mass is 32.2. The van der Waals surface area contributed by atoms with Crippen LogP contribution in [0.2, 0.25) is 0 Å². The molecule has 0 saturated carbocycles. The van der Waals surface area contributed by atoms with E-state index in [0.717, 1.165) is 22.5 Å². The van der Waals surface area contributed by atoms with Crippen LogP contribution in [0.15, 0.2) is 53.7 Å². The maximum atomic E-state index is 12.2. The van der Waals surface area contributed by atoms with Gasteiger partial charge in [-0.25, -0.2) is 9.78 Å². The number of nitrogens with one attached hydrogen (secondary N) is 2. The Hall–Kier alpha value is -3.04. The highest BCUT2D eigenvalue weighted by Gasteiger charge is 2.15. The van der Waals surface area contributed by atoms with Crippen LogP contribution in [0.4, 0.5) is 4.79 Å². The number of ether oxygens (including phenoxy) is 2. The van der Waals surface area contributed by atoms with E-state index in [1.54, 1.807) is 0 Å². The van der Waals surface area contributed by atoms with Crippen LogP contribution in [0.5, 0.6) is 5.75 Å². The number of aromatic nitrogens is 2. The van der Waals surface area contributed by atoms with E-state index < -0.39 is 11.9 Å². The normalized spacial score (nSPS) is 10.7. The Morgan fingerprint density at radius 1 is 1.13 bits per heavy atom. The van der Waals surface area contributed by atoms with Gasteiger partial charge in [0.05, 0.1) is 30.0 Å². The molecule has 3 rings (SSSR count). The van der Waals surface area contributed by atoms with Gasteiger partial charge in [-0.1, -0.05) is 23.9 Å². The van der Waals surface area contributed by atoms with Crippen molar-refractivity contribution in [2.45, 2.75) is 12.1 Å². The van der Waals surface area contributed by atoms with E-state index in [-0.39, 0.29) is 5.75 Å². The molecular formula is C21H24N4O4S. The van der Waals surface area contributed by atoms with Crippen LogP contribution in [0, 0.1) is 0 Å². The minimum Gasteiger partial charge on any atom is -0.494 e. The van der Waals surface area contributed by atoms with Crippen LogP contribution in [-0.4, -0.2) is 54.1 Å². The lowest BCUT2D eigenvalue weighted by molar-refractivity contribution is -0.117. The number of para-hydroxylation sites is 2. The molecule has 3 aromatic rings. The molecule has 3 amide bonds. The van der Waals surface area contributed by atoms with Crippen LogP contribution in [0.1, 0.15) is 6.92 Å². The second kappa shape index (κ2) is 10.7. The number of carbonyl (C=O) groups is 2. The van der Waals surface area contributed by atoms with Crippen LogP contribution in [0.25, 0.3) is 16.7 Å². The molecule has 0 bridgehead atoms. The van der Waals surface area contributed by atoms with E-state index in [0.29, 0.717) is 24.9 Å². The van der Waals surface area contributed by atoms with Crippen molar-refractivity contribution in [2.24, 2.45) is 0 Å². The SMILES string of the molecule is CCOc1ccc(-n2c(SCC(=O)NC(=O)NCCOC)nc3ccccc32)cc1. The summed E-state index contributed by atoms with van der Waals surface area (Å²) >= 11 is 1.26. The quantitative estimate of drug-likeness (QED) is 0.402. The van der Waals surface area contributed by atoms with Crippen molar-refractivity contribution in [1.29, 1.82) is 0 Å². The zero-order valence-electron chi connectivity index (χ0n) is 16.9. The van der Waals surface area contributed by atoms with Crippen molar-refractivity contribution >= 4 is 34.7 Å². The van der Waals surface area contributed by atoms with Gasteiger partial charge in [-0.15, -0.1) is 0 Å². The van der Waals surface area contributed by atoms with E-state index in [9.17, 15) is 9.59 Å². The van der Waals surface area contributed by atoms with Gasteiger partial charge in [0.1, 0.15) is 5.75 Å². The summed E-state index contributed by atoms with van der Waals surface area (Å²) in [5.41, 5.74) is 2.67. The van der Waals surface area contributed by atoms with Crippen LogP contribution < -0.4 is 15.4 Å². The smallest absolute Gasteiger partial charge is 0.321 e. The molecule has 0 aliphatic heterocycles. The minimum atomic E-state index is -0.544. The standard InChI is InChI=1S/C21H24N4O4S/c1-3-29-16-10-8-15(9-11-16)25-18-7-5-4-6-17(18)23-21(25)30-14-19(26)24-20(27)22-12-13-28-2/h4-11H,3,12-14H2,1-2H3,(H2,22,24,26,27). The number of benzene rings is 2. The second-order valence-corrected chi connectivity index (χ2v) is 7.17. The largest absolute Gasteiger partial charge is 0.494 e. The average molecular weight is 429 g/mol. The monoisotopic (exact) mass is 428 g/mol. The summed E-state index contributed by atoms with van der Waals surface area (Å²) in [6.07, 6.45) is 0. The lowest BCUT2D eigenvalue weighted by Crippen LogP contribution is -2.41. The predicted octanol–water partition coefficient (Wildman–Crippen LogP) is 2.99. The number of imidazole rings is 1. The van der Waals surface area contributed by atoms with Gasteiger partial charge >= 0.3 is 6.03 Å². The Kier molecular flexibility index (Phi) is 7.69. The fourth-order valence-electron chi connectivity index (χ4n) is 2.81. The third kappa shape index (κ3) is 5.52. The topological polar surface area (TPSA) is 94.5 Å². The zero-order valence-corrected chi connectivity index (χ0v) is 17.7. The first-order chi connectivity index (χ1) is 14.6. The average Bonchev–Trinajstić information content (AvgIpc) is 3.12. The molecule has 0 aliphatic carbocycles. The van der Waals surface area contributed by atoms with Gasteiger partial charge in [0.25, 0.3) is 0 Å². The van der Waals surface area contributed by atoms with Gasteiger partial charge in [0.2, 0.25) is 5.91 Å². The number of amides is 3. The molecule has 0 aliphatic rings. The highest BCUT2D eigenvalue weighted by Crippen LogP contribution is 2.28. The van der Waals surface area contributed by atoms with Crippen molar-refractivity contribution < 1.29 is 19.1 Å². The lowest BCUT2D eigenvalue weighted by atomic mass is 10.2. The molecule has 0 fully saturated rings. The third-order valence-corrected chi connectivity index (χ3v) is 5.05. The number of rotatable bonds is 9. The Labute approximate surface area is 179 Å². The molecule has 2 aromatic carbocycles. The molecular weight excluding hydrogens is 404 g/mol. The van der Waals surface area contributed by atoms with Gasteiger partial charge in [-0.3, -0.25) is 14.7 Å². The summed E-state index contributed by atoms with van der Waals surface area (Å²) in [5, 5.41) is 5.52. The molecule has 0 spiro atoms. The van der Waals surface area contributed by atoms with E-state index in [4.69, 9.17) is 9.47 Å².